The van der Waals surface area contributed by atoms with E-state index in [4.69, 9.17) is 17.9 Å². The Morgan fingerprint density at radius 1 is 0.750 bits per heavy atom. The summed E-state index contributed by atoms with van der Waals surface area (Å²) in [5, 5.41) is 6.43. The first kappa shape index (κ1) is 25.8. The topological polar surface area (TPSA) is 218 Å². The maximum absolute atomic E-state index is 11.3. The molecule has 4 aromatic heterocycles. The molecule has 4 N–H and O–H groups in total. The van der Waals surface area contributed by atoms with E-state index in [9.17, 15) is 16.8 Å². The van der Waals surface area contributed by atoms with Crippen molar-refractivity contribution >= 4 is 49.8 Å². The molecule has 16 heteroatoms. The smallest absolute Gasteiger partial charge is 0.328 e. The van der Waals surface area contributed by atoms with Gasteiger partial charge in [0.15, 0.2) is 17.2 Å². The number of hydrogen-bond donors (Lipinski definition) is 2. The van der Waals surface area contributed by atoms with Crippen molar-refractivity contribution in [2.45, 2.75) is 10.2 Å². The fraction of sp³-hybridized carbons (Fsp3) is 0. The summed E-state index contributed by atoms with van der Waals surface area (Å²) in [6.07, 6.45) is 1.50. The minimum absolute atomic E-state index is 0. The molecule has 0 spiro atoms. The quantitative estimate of drug-likeness (QED) is 0.292. The van der Waals surface area contributed by atoms with Gasteiger partial charge in [0.1, 0.15) is 11.4 Å². The normalized spacial score (nSPS) is 11.4. The summed E-state index contributed by atoms with van der Waals surface area (Å²) in [5.41, 5.74) is 0.162. The summed E-state index contributed by atoms with van der Waals surface area (Å²) in [6, 6.07) is 9.38. The molecule has 13 nitrogen and oxygen atoms in total. The van der Waals surface area contributed by atoms with Crippen LogP contribution >= 0.6 is 0 Å². The van der Waals surface area contributed by atoms with E-state index in [1.807, 2.05) is 0 Å². The number of aromatic nitrogens is 4. The van der Waals surface area contributed by atoms with Crippen molar-refractivity contribution in [2.24, 2.45) is 0 Å². The van der Waals surface area contributed by atoms with Crippen LogP contribution in [0.5, 0.6) is 0 Å². The van der Waals surface area contributed by atoms with E-state index in [1.54, 1.807) is 18.2 Å². The Balaban J connectivity index is 0.00000181. The van der Waals surface area contributed by atoms with E-state index < -0.39 is 30.4 Å². The Morgan fingerprint density at radius 2 is 1.31 bits per heavy atom. The molecule has 0 aliphatic carbocycles. The van der Waals surface area contributed by atoms with Crippen LogP contribution in [0.2, 0.25) is 0 Å². The monoisotopic (exact) mass is 491 g/mol. The van der Waals surface area contributed by atoms with Crippen molar-refractivity contribution in [3.8, 4) is 34.4 Å². The van der Waals surface area contributed by atoms with E-state index in [-0.39, 0.29) is 63.8 Å². The van der Waals surface area contributed by atoms with Crippen LogP contribution in [0.1, 0.15) is 0 Å². The zero-order chi connectivity index (χ0) is 21.5. The Hall–Kier alpha value is -2.50. The summed E-state index contributed by atoms with van der Waals surface area (Å²) < 4.78 is 73.8. The molecular weight excluding hydrogens is 479 g/mol. The number of rotatable bonds is 5. The molecule has 0 saturated heterocycles. The Labute approximate surface area is 202 Å². The molecule has 32 heavy (non-hydrogen) atoms. The fourth-order valence-electron chi connectivity index (χ4n) is 2.44. The molecule has 4 aromatic rings. The van der Waals surface area contributed by atoms with Gasteiger partial charge in [-0.3, -0.25) is 14.1 Å². The van der Waals surface area contributed by atoms with Crippen molar-refractivity contribution in [3.63, 3.8) is 0 Å². The molecule has 0 atom stereocenters. The van der Waals surface area contributed by atoms with Gasteiger partial charge in [0, 0.05) is 35.8 Å². The molecule has 0 aliphatic heterocycles. The van der Waals surface area contributed by atoms with E-state index in [1.165, 1.54) is 18.3 Å². The third-order valence-corrected chi connectivity index (χ3v) is 5.17. The summed E-state index contributed by atoms with van der Waals surface area (Å²) >= 11 is 0. The van der Waals surface area contributed by atoms with E-state index in [0.717, 1.165) is 12.1 Å². The fourth-order valence-corrected chi connectivity index (χ4v) is 3.31. The number of pyridine rings is 1. The van der Waals surface area contributed by atoms with Gasteiger partial charge in [0.25, 0.3) is 0 Å². The molecule has 1 radical (unpaired) electrons. The second-order valence-electron chi connectivity index (χ2n) is 5.74. The average molecular weight is 491 g/mol. The van der Waals surface area contributed by atoms with Gasteiger partial charge in [-0.1, -0.05) is 6.07 Å². The second kappa shape index (κ2) is 9.55. The molecule has 0 fully saturated rings. The second-order valence-corrected chi connectivity index (χ2v) is 8.44. The van der Waals surface area contributed by atoms with Crippen LogP contribution in [0, 0.1) is 0 Å². The van der Waals surface area contributed by atoms with Crippen molar-refractivity contribution in [1.29, 1.82) is 0 Å². The molecule has 0 saturated carbocycles. The standard InChI is InChI=1S/C16H10N4O8S2.Na.H2O/c21-29(22,23)12-6-4-10(27-12)14-15(11-5-7-13(28-11)30(24,25)26)19-20-16(18-14)9-3-1-2-8-17-9;;/h1-8H,(H,21,22,23)(H,24,25,26);;1H2. The van der Waals surface area contributed by atoms with Gasteiger partial charge in [-0.05, 0) is 36.4 Å². The van der Waals surface area contributed by atoms with Crippen LogP contribution in [0.4, 0.5) is 0 Å². The van der Waals surface area contributed by atoms with Gasteiger partial charge in [0.05, 0.1) is 0 Å². The van der Waals surface area contributed by atoms with Gasteiger partial charge < -0.3 is 14.3 Å². The van der Waals surface area contributed by atoms with Crippen LogP contribution < -0.4 is 0 Å². The summed E-state index contributed by atoms with van der Waals surface area (Å²) in [6.45, 7) is 0. The predicted octanol–water partition coefficient (Wildman–Crippen LogP) is 0.742. The third-order valence-electron chi connectivity index (χ3n) is 3.72. The van der Waals surface area contributed by atoms with Crippen LogP contribution in [-0.4, -0.2) is 81.1 Å². The molecule has 163 valence electrons. The minimum atomic E-state index is -4.62. The number of hydrogen-bond acceptors (Lipinski definition) is 10. The number of nitrogens with zero attached hydrogens (tertiary/aromatic N) is 4. The first-order valence-corrected chi connectivity index (χ1v) is 10.8. The van der Waals surface area contributed by atoms with Crippen LogP contribution in [0.15, 0.2) is 67.7 Å². The van der Waals surface area contributed by atoms with Gasteiger partial charge in [-0.15, -0.1) is 10.2 Å². The molecule has 0 aliphatic rings. The molecule has 4 heterocycles. The van der Waals surface area contributed by atoms with E-state index in [0.29, 0.717) is 5.69 Å². The van der Waals surface area contributed by atoms with Gasteiger partial charge in [-0.2, -0.15) is 16.8 Å². The van der Waals surface area contributed by atoms with Crippen LogP contribution in [0.3, 0.4) is 0 Å². The summed E-state index contributed by atoms with van der Waals surface area (Å²) in [7, 11) is -9.24. The van der Waals surface area contributed by atoms with Crippen molar-refractivity contribution in [3.05, 3.63) is 48.7 Å². The Bertz CT molecular complexity index is 1450. The SMILES string of the molecule is O.O=S(=O)(O)c1ccc(-c2nnc(-c3ccccn3)nc2-c2ccc(S(=O)(=O)O)o2)o1.[Na]. The van der Waals surface area contributed by atoms with E-state index >= 15 is 0 Å². The molecular formula is C16H12N4NaO9S2. The van der Waals surface area contributed by atoms with E-state index in [2.05, 4.69) is 20.2 Å². The summed E-state index contributed by atoms with van der Waals surface area (Å²) in [5.74, 6) is -0.217. The van der Waals surface area contributed by atoms with Crippen molar-refractivity contribution in [1.82, 2.24) is 20.2 Å². The molecule has 0 bridgehead atoms. The predicted molar refractivity (Wildman–Crippen MR) is 107 cm³/mol. The van der Waals surface area contributed by atoms with Gasteiger partial charge in [-0.25, -0.2) is 4.98 Å². The maximum atomic E-state index is 11.3. The number of furan rings is 2. The van der Waals surface area contributed by atoms with Gasteiger partial charge >= 0.3 is 20.2 Å². The van der Waals surface area contributed by atoms with Crippen molar-refractivity contribution < 1.29 is 40.3 Å². The first-order valence-electron chi connectivity index (χ1n) is 7.94. The van der Waals surface area contributed by atoms with Crippen LogP contribution in [0.25, 0.3) is 34.4 Å². The average Bonchev–Trinajstić information content (AvgIpc) is 3.37. The Morgan fingerprint density at radius 3 is 1.78 bits per heavy atom. The molecule has 0 amide bonds. The van der Waals surface area contributed by atoms with Crippen LogP contribution in [-0.2, 0) is 20.2 Å². The zero-order valence-electron chi connectivity index (χ0n) is 16.1. The summed E-state index contributed by atoms with van der Waals surface area (Å²) in [4.78, 5) is 8.38. The Kier molecular flexibility index (Phi) is 7.69. The maximum Gasteiger partial charge on any atom is 0.328 e. The molecule has 4 rings (SSSR count). The first-order chi connectivity index (χ1) is 14.1. The molecule has 0 aromatic carbocycles. The zero-order valence-corrected chi connectivity index (χ0v) is 19.7. The largest absolute Gasteiger partial charge is 0.441 e. The van der Waals surface area contributed by atoms with Gasteiger partial charge in [0.2, 0.25) is 16.0 Å². The molecule has 0 unspecified atom stereocenters. The third kappa shape index (κ3) is 5.28. The minimum Gasteiger partial charge on any atom is -0.441 e. The van der Waals surface area contributed by atoms with Crippen molar-refractivity contribution in [2.75, 3.05) is 0 Å².